The van der Waals surface area contributed by atoms with Crippen molar-refractivity contribution in [3.05, 3.63) is 94.0 Å². The van der Waals surface area contributed by atoms with Gasteiger partial charge in [0.1, 0.15) is 12.4 Å². The molecule has 1 atom stereocenters. The molecule has 0 fully saturated rings. The summed E-state index contributed by atoms with van der Waals surface area (Å²) in [4.78, 5) is 12.9. The molecule has 10 heteroatoms. The van der Waals surface area contributed by atoms with Crippen LogP contribution >= 0.6 is 15.9 Å². The smallest absolute Gasteiger partial charge is 0.407 e. The molecule has 0 bridgehead atoms. The van der Waals surface area contributed by atoms with Crippen molar-refractivity contribution >= 4 is 37.7 Å². The quantitative estimate of drug-likeness (QED) is 0.313. The van der Waals surface area contributed by atoms with Crippen LogP contribution in [-0.2, 0) is 23.1 Å². The molecule has 0 unspecified atom stereocenters. The normalized spacial score (nSPS) is 12.1. The molecule has 0 aliphatic rings. The minimum Gasteiger partial charge on any atom is -0.487 e. The van der Waals surface area contributed by atoms with Crippen LogP contribution in [0.4, 0.5) is 10.5 Å². The molecule has 3 aromatic rings. The number of hydrogen-bond acceptors (Lipinski definition) is 5. The van der Waals surface area contributed by atoms with E-state index in [4.69, 9.17) is 4.74 Å². The van der Waals surface area contributed by atoms with E-state index in [-0.39, 0.29) is 25.4 Å². The maximum absolute atomic E-state index is 11.9. The minimum atomic E-state index is -3.62. The van der Waals surface area contributed by atoms with Crippen molar-refractivity contribution in [3.63, 3.8) is 0 Å². The van der Waals surface area contributed by atoms with Crippen LogP contribution in [0.2, 0.25) is 0 Å². The maximum atomic E-state index is 11.9. The Labute approximate surface area is 213 Å². The van der Waals surface area contributed by atoms with Crippen LogP contribution in [-0.4, -0.2) is 49.0 Å². The van der Waals surface area contributed by atoms with Gasteiger partial charge < -0.3 is 19.8 Å². The fourth-order valence-corrected chi connectivity index (χ4v) is 4.21. The van der Waals surface area contributed by atoms with Gasteiger partial charge in [-0.2, -0.15) is 0 Å². The molecule has 0 radical (unpaired) electrons. The van der Waals surface area contributed by atoms with E-state index < -0.39 is 22.2 Å². The van der Waals surface area contributed by atoms with Gasteiger partial charge in [-0.05, 0) is 47.4 Å². The lowest BCUT2D eigenvalue weighted by Crippen LogP contribution is -2.35. The molecule has 3 aromatic carbocycles. The van der Waals surface area contributed by atoms with E-state index in [1.165, 1.54) is 6.07 Å². The van der Waals surface area contributed by atoms with Crippen molar-refractivity contribution in [2.45, 2.75) is 19.1 Å². The summed E-state index contributed by atoms with van der Waals surface area (Å²) in [5.74, 6) is 0.292. The first-order chi connectivity index (χ1) is 16.6. The first kappa shape index (κ1) is 26.5. The molecule has 0 aliphatic carbocycles. The van der Waals surface area contributed by atoms with Gasteiger partial charge in [0.05, 0.1) is 24.6 Å². The van der Waals surface area contributed by atoms with Crippen LogP contribution in [0.5, 0.6) is 5.75 Å². The number of carboxylic acid groups (broad SMARTS) is 1. The summed E-state index contributed by atoms with van der Waals surface area (Å²) >= 11 is 3.37. The lowest BCUT2D eigenvalue weighted by Gasteiger charge is -2.23. The Bertz CT molecular complexity index is 1240. The number of rotatable bonds is 11. The van der Waals surface area contributed by atoms with E-state index in [1.54, 1.807) is 12.1 Å². The van der Waals surface area contributed by atoms with Gasteiger partial charge >= 0.3 is 6.09 Å². The number of hydrogen-bond donors (Lipinski definition) is 3. The molecule has 1 amide bonds. The van der Waals surface area contributed by atoms with E-state index in [2.05, 4.69) is 20.7 Å². The Kier molecular flexibility index (Phi) is 9.13. The zero-order chi connectivity index (χ0) is 25.4. The molecule has 8 nitrogen and oxygen atoms in total. The van der Waals surface area contributed by atoms with Gasteiger partial charge in [-0.1, -0.05) is 64.5 Å². The predicted octanol–water partition coefficient (Wildman–Crippen LogP) is 4.66. The summed E-state index contributed by atoms with van der Waals surface area (Å²) in [5, 5.41) is 20.4. The van der Waals surface area contributed by atoms with Gasteiger partial charge in [0, 0.05) is 11.0 Å². The largest absolute Gasteiger partial charge is 0.487 e. The number of sulfonamides is 1. The van der Waals surface area contributed by atoms with Crippen LogP contribution in [0.3, 0.4) is 0 Å². The Balaban J connectivity index is 1.73. The molecule has 0 aliphatic heterocycles. The molecule has 0 saturated heterocycles. The van der Waals surface area contributed by atoms with Crippen molar-refractivity contribution < 1.29 is 28.2 Å². The number of halogens is 1. The lowest BCUT2D eigenvalue weighted by molar-refractivity contribution is 0.0973. The number of aliphatic hydroxyl groups excluding tert-OH is 1. The zero-order valence-corrected chi connectivity index (χ0v) is 21.5. The highest BCUT2D eigenvalue weighted by molar-refractivity contribution is 9.10. The summed E-state index contributed by atoms with van der Waals surface area (Å²) in [6, 6.07) is 21.6. The first-order valence-corrected chi connectivity index (χ1v) is 13.5. The number of nitrogens with one attached hydrogen (secondary N) is 1. The van der Waals surface area contributed by atoms with E-state index in [1.807, 2.05) is 54.6 Å². The molecule has 186 valence electrons. The zero-order valence-electron chi connectivity index (χ0n) is 19.1. The minimum absolute atomic E-state index is 0.164. The summed E-state index contributed by atoms with van der Waals surface area (Å²) in [5.41, 5.74) is 2.40. The van der Waals surface area contributed by atoms with E-state index in [9.17, 15) is 23.4 Å². The fourth-order valence-electron chi connectivity index (χ4n) is 3.39. The highest BCUT2D eigenvalue weighted by Crippen LogP contribution is 2.30. The molecule has 35 heavy (non-hydrogen) atoms. The molecule has 0 aromatic heterocycles. The van der Waals surface area contributed by atoms with Crippen LogP contribution < -0.4 is 9.46 Å². The second-order valence-electron chi connectivity index (χ2n) is 8.02. The highest BCUT2D eigenvalue weighted by atomic mass is 79.9. The van der Waals surface area contributed by atoms with Crippen LogP contribution in [0.1, 0.15) is 22.8 Å². The second-order valence-corrected chi connectivity index (χ2v) is 10.7. The predicted molar refractivity (Wildman–Crippen MR) is 138 cm³/mol. The van der Waals surface area contributed by atoms with Gasteiger partial charge in [-0.3, -0.25) is 4.72 Å². The standard InChI is InChI=1S/C25H27BrN2O6S/c1-35(32,33)27-22-15-20(9-12-24(22)34-17-19-5-3-2-4-6-19)23(29)16-28(25(30)31)14-13-18-7-10-21(26)11-8-18/h2-12,15,23,27,29H,13-14,16-17H2,1H3,(H,30,31)/t23-/m1/s1. The van der Waals surface area contributed by atoms with Crippen LogP contribution in [0, 0.1) is 0 Å². The Morgan fingerprint density at radius 2 is 1.74 bits per heavy atom. The van der Waals surface area contributed by atoms with Crippen molar-refractivity contribution in [3.8, 4) is 5.75 Å². The lowest BCUT2D eigenvalue weighted by atomic mass is 10.1. The van der Waals surface area contributed by atoms with Crippen LogP contribution in [0.15, 0.2) is 77.3 Å². The second kappa shape index (κ2) is 12.1. The van der Waals surface area contributed by atoms with Gasteiger partial charge in [-0.25, -0.2) is 13.2 Å². The number of carbonyl (C=O) groups is 1. The molecule has 0 heterocycles. The first-order valence-electron chi connectivity index (χ1n) is 10.8. The van der Waals surface area contributed by atoms with Crippen molar-refractivity contribution in [2.75, 3.05) is 24.1 Å². The number of ether oxygens (including phenoxy) is 1. The third kappa shape index (κ3) is 8.57. The molecule has 0 saturated carbocycles. The summed E-state index contributed by atoms with van der Waals surface area (Å²) in [7, 11) is -3.62. The number of anilines is 1. The number of amides is 1. The maximum Gasteiger partial charge on any atom is 0.407 e. The fraction of sp³-hybridized carbons (Fsp3) is 0.240. The topological polar surface area (TPSA) is 116 Å². The average Bonchev–Trinajstić information content (AvgIpc) is 2.81. The summed E-state index contributed by atoms with van der Waals surface area (Å²) in [6.45, 7) is 0.249. The van der Waals surface area contributed by atoms with Gasteiger partial charge in [-0.15, -0.1) is 0 Å². The average molecular weight is 563 g/mol. The molecule has 3 N–H and O–H groups in total. The third-order valence-electron chi connectivity index (χ3n) is 5.17. The third-order valence-corrected chi connectivity index (χ3v) is 6.29. The van der Waals surface area contributed by atoms with Crippen molar-refractivity contribution in [2.24, 2.45) is 0 Å². The Morgan fingerprint density at radius 1 is 1.06 bits per heavy atom. The van der Waals surface area contributed by atoms with Crippen LogP contribution in [0.25, 0.3) is 0 Å². The van der Waals surface area contributed by atoms with E-state index in [0.717, 1.165) is 26.8 Å². The summed E-state index contributed by atoms with van der Waals surface area (Å²) < 4.78 is 32.9. The van der Waals surface area contributed by atoms with Crippen molar-refractivity contribution in [1.82, 2.24) is 4.90 Å². The monoisotopic (exact) mass is 562 g/mol. The Hall–Kier alpha value is -3.08. The molecule has 3 rings (SSSR count). The molecule has 0 spiro atoms. The van der Waals surface area contributed by atoms with E-state index in [0.29, 0.717) is 17.7 Å². The summed E-state index contributed by atoms with van der Waals surface area (Å²) in [6.07, 6.45) is -0.817. The van der Waals surface area contributed by atoms with Gasteiger partial charge in [0.2, 0.25) is 10.0 Å². The number of aliphatic hydroxyl groups is 1. The SMILES string of the molecule is CS(=O)(=O)Nc1cc([C@H](O)CN(CCc2ccc(Br)cc2)C(=O)O)ccc1OCc1ccccc1. The number of benzene rings is 3. The number of nitrogens with zero attached hydrogens (tertiary/aromatic N) is 1. The van der Waals surface area contributed by atoms with E-state index >= 15 is 0 Å². The highest BCUT2D eigenvalue weighted by Gasteiger charge is 2.20. The van der Waals surface area contributed by atoms with Gasteiger partial charge in [0.25, 0.3) is 0 Å². The molecular formula is C25H27BrN2O6S. The van der Waals surface area contributed by atoms with Gasteiger partial charge in [0.15, 0.2) is 0 Å². The van der Waals surface area contributed by atoms with Crippen molar-refractivity contribution in [1.29, 1.82) is 0 Å². The Morgan fingerprint density at radius 3 is 2.37 bits per heavy atom. The molecular weight excluding hydrogens is 536 g/mol.